The van der Waals surface area contributed by atoms with Crippen LogP contribution in [0.25, 0.3) is 0 Å². The van der Waals surface area contributed by atoms with E-state index in [0.717, 1.165) is 22.3 Å². The highest BCUT2D eigenvalue weighted by molar-refractivity contribution is 9.10. The Morgan fingerprint density at radius 2 is 2.10 bits per heavy atom. The number of rotatable bonds is 1. The van der Waals surface area contributed by atoms with Crippen LogP contribution in [0, 0.1) is 13.8 Å². The molecule has 0 aromatic carbocycles. The van der Waals surface area contributed by atoms with Crippen molar-refractivity contribution >= 4 is 39.5 Å². The van der Waals surface area contributed by atoms with Gasteiger partial charge in [-0.2, -0.15) is 11.3 Å². The average Bonchev–Trinajstić information content (AvgIpc) is 2.17. The van der Waals surface area contributed by atoms with Gasteiger partial charge in [0, 0.05) is 14.1 Å². The highest BCUT2D eigenvalue weighted by Crippen LogP contribution is 2.23. The van der Waals surface area contributed by atoms with Crippen molar-refractivity contribution in [1.29, 1.82) is 0 Å². The zero-order chi connectivity index (χ0) is 7.72. The Kier molecular flexibility index (Phi) is 2.55. The average molecular weight is 218 g/mol. The topological polar surface area (TPSA) is 20.2 Å². The van der Waals surface area contributed by atoms with E-state index in [1.165, 1.54) is 4.88 Å². The lowest BCUT2D eigenvalue weighted by atomic mass is 9.96. The zero-order valence-electron chi connectivity index (χ0n) is 5.81. The van der Waals surface area contributed by atoms with Gasteiger partial charge in [-0.3, -0.25) is 0 Å². The van der Waals surface area contributed by atoms with Crippen LogP contribution < -0.4 is 4.78 Å². The van der Waals surface area contributed by atoms with Crippen molar-refractivity contribution in [1.82, 2.24) is 0 Å². The highest BCUT2D eigenvalue weighted by atomic mass is 79.9. The van der Waals surface area contributed by atoms with Gasteiger partial charge in [-0.25, -0.2) is 0 Å². The predicted octanol–water partition coefficient (Wildman–Crippen LogP) is 1.36. The summed E-state index contributed by atoms with van der Waals surface area (Å²) in [6.07, 6.45) is 0. The van der Waals surface area contributed by atoms with Crippen molar-refractivity contribution in [3.8, 4) is 0 Å². The molecule has 0 aliphatic carbocycles. The quantitative estimate of drug-likeness (QED) is 0.705. The standard InChI is InChI=1S/C6H7BBrOS/c1-3-5(8)4(2)10-6(3)7-9/h9H,1-2H3. The van der Waals surface area contributed by atoms with E-state index in [1.807, 2.05) is 13.8 Å². The maximum absolute atomic E-state index is 8.72. The van der Waals surface area contributed by atoms with Crippen LogP contribution >= 0.6 is 27.3 Å². The summed E-state index contributed by atoms with van der Waals surface area (Å²) in [6, 6.07) is 0. The number of thiophene rings is 1. The van der Waals surface area contributed by atoms with Gasteiger partial charge in [0.2, 0.25) is 0 Å². The summed E-state index contributed by atoms with van der Waals surface area (Å²) in [5, 5.41) is 8.72. The SMILES string of the molecule is Cc1sc([B]O)c(C)c1Br. The Morgan fingerprint density at radius 1 is 1.50 bits per heavy atom. The lowest BCUT2D eigenvalue weighted by molar-refractivity contribution is 0.616. The third-order valence-electron chi connectivity index (χ3n) is 1.39. The van der Waals surface area contributed by atoms with Crippen molar-refractivity contribution in [3.05, 3.63) is 14.9 Å². The molecule has 1 nitrogen and oxygen atoms in total. The molecule has 0 fully saturated rings. The molecule has 1 radical (unpaired) electrons. The van der Waals surface area contributed by atoms with Crippen molar-refractivity contribution in [3.63, 3.8) is 0 Å². The van der Waals surface area contributed by atoms with E-state index >= 15 is 0 Å². The molecule has 10 heavy (non-hydrogen) atoms. The second kappa shape index (κ2) is 3.07. The van der Waals surface area contributed by atoms with Crippen LogP contribution in [0.2, 0.25) is 0 Å². The van der Waals surface area contributed by atoms with Crippen molar-refractivity contribution < 1.29 is 5.02 Å². The molecule has 0 amide bonds. The Bertz CT molecular complexity index is 246. The molecule has 0 bridgehead atoms. The first-order chi connectivity index (χ1) is 4.66. The molecule has 4 heteroatoms. The maximum Gasteiger partial charge on any atom is 0.338 e. The first-order valence-corrected chi connectivity index (χ1v) is 4.50. The summed E-state index contributed by atoms with van der Waals surface area (Å²) in [6.45, 7) is 4.00. The first kappa shape index (κ1) is 8.30. The summed E-state index contributed by atoms with van der Waals surface area (Å²) < 4.78 is 2.04. The molecule has 1 rings (SSSR count). The lowest BCUT2D eigenvalue weighted by Gasteiger charge is -1.88. The molecule has 1 aromatic rings. The van der Waals surface area contributed by atoms with E-state index in [4.69, 9.17) is 5.02 Å². The second-order valence-corrected chi connectivity index (χ2v) is 4.14. The minimum absolute atomic E-state index is 0.935. The Balaban J connectivity index is 3.17. The molecular formula is C6H7BBrOS. The van der Waals surface area contributed by atoms with E-state index in [0.29, 0.717) is 0 Å². The van der Waals surface area contributed by atoms with Gasteiger partial charge in [0.25, 0.3) is 0 Å². The van der Waals surface area contributed by atoms with Gasteiger partial charge in [-0.15, -0.1) is 0 Å². The lowest BCUT2D eigenvalue weighted by Crippen LogP contribution is -2.10. The minimum Gasteiger partial charge on any atom is -0.449 e. The van der Waals surface area contributed by atoms with Gasteiger partial charge in [0.1, 0.15) is 0 Å². The molecule has 53 valence electrons. The predicted molar refractivity (Wildman–Crippen MR) is 49.1 cm³/mol. The van der Waals surface area contributed by atoms with E-state index in [9.17, 15) is 0 Å². The summed E-state index contributed by atoms with van der Waals surface area (Å²) in [5.41, 5.74) is 1.12. The summed E-state index contributed by atoms with van der Waals surface area (Å²) in [4.78, 5) is 1.21. The van der Waals surface area contributed by atoms with Gasteiger partial charge in [-0.1, -0.05) is 0 Å². The smallest absolute Gasteiger partial charge is 0.338 e. The van der Waals surface area contributed by atoms with E-state index < -0.39 is 0 Å². The fourth-order valence-electron chi connectivity index (χ4n) is 0.782. The summed E-state index contributed by atoms with van der Waals surface area (Å²) >= 11 is 5.01. The molecule has 0 atom stereocenters. The van der Waals surface area contributed by atoms with E-state index in [-0.39, 0.29) is 0 Å². The molecule has 0 aliphatic rings. The maximum atomic E-state index is 8.72. The fourth-order valence-corrected chi connectivity index (χ4v) is 2.25. The Hall–Kier alpha value is 0.205. The van der Waals surface area contributed by atoms with Crippen molar-refractivity contribution in [2.45, 2.75) is 13.8 Å². The van der Waals surface area contributed by atoms with Crippen molar-refractivity contribution in [2.75, 3.05) is 0 Å². The third-order valence-corrected chi connectivity index (χ3v) is 3.98. The van der Waals surface area contributed by atoms with Crippen LogP contribution in [0.3, 0.4) is 0 Å². The summed E-state index contributed by atoms with van der Waals surface area (Å²) in [5.74, 6) is 0. The zero-order valence-corrected chi connectivity index (χ0v) is 8.21. The molecule has 1 aromatic heterocycles. The number of aryl methyl sites for hydroxylation is 1. The third kappa shape index (κ3) is 1.29. The van der Waals surface area contributed by atoms with Crippen LogP contribution in [-0.4, -0.2) is 12.5 Å². The molecule has 1 N–H and O–H groups in total. The van der Waals surface area contributed by atoms with Crippen molar-refractivity contribution in [2.24, 2.45) is 0 Å². The number of halogens is 1. The first-order valence-electron chi connectivity index (χ1n) is 2.89. The molecule has 0 aliphatic heterocycles. The monoisotopic (exact) mass is 217 g/mol. The number of hydrogen-bond donors (Lipinski definition) is 1. The molecule has 0 unspecified atom stereocenters. The van der Waals surface area contributed by atoms with E-state index in [2.05, 4.69) is 15.9 Å². The molecule has 0 spiro atoms. The second-order valence-electron chi connectivity index (χ2n) is 2.09. The van der Waals surface area contributed by atoms with E-state index in [1.54, 1.807) is 11.3 Å². The van der Waals surface area contributed by atoms with Gasteiger partial charge in [-0.05, 0) is 35.3 Å². The van der Waals surface area contributed by atoms with Crippen LogP contribution in [0.5, 0.6) is 0 Å². The van der Waals surface area contributed by atoms with Gasteiger partial charge in [0.05, 0.1) is 0 Å². The Morgan fingerprint density at radius 3 is 2.30 bits per heavy atom. The van der Waals surface area contributed by atoms with Crippen LogP contribution in [-0.2, 0) is 0 Å². The fraction of sp³-hybridized carbons (Fsp3) is 0.333. The normalized spacial score (nSPS) is 10.0. The van der Waals surface area contributed by atoms with Crippen LogP contribution in [0.4, 0.5) is 0 Å². The largest absolute Gasteiger partial charge is 0.449 e. The number of hydrogen-bond acceptors (Lipinski definition) is 2. The van der Waals surface area contributed by atoms with Crippen LogP contribution in [0.15, 0.2) is 4.47 Å². The minimum atomic E-state index is 0.935. The van der Waals surface area contributed by atoms with Gasteiger partial charge >= 0.3 is 7.48 Å². The highest BCUT2D eigenvalue weighted by Gasteiger charge is 2.08. The molecule has 1 heterocycles. The summed E-state index contributed by atoms with van der Waals surface area (Å²) in [7, 11) is 1.15. The molecular weight excluding hydrogens is 211 g/mol. The Labute approximate surface area is 73.5 Å². The molecule has 0 saturated carbocycles. The molecule has 0 saturated heterocycles. The van der Waals surface area contributed by atoms with Gasteiger partial charge in [0.15, 0.2) is 0 Å². The van der Waals surface area contributed by atoms with Crippen LogP contribution in [0.1, 0.15) is 10.4 Å². The van der Waals surface area contributed by atoms with Gasteiger partial charge < -0.3 is 5.02 Å².